The predicted molar refractivity (Wildman–Crippen MR) is 126 cm³/mol. The summed E-state index contributed by atoms with van der Waals surface area (Å²) in [5.74, 6) is 0.139. The van der Waals surface area contributed by atoms with Crippen LogP contribution in [0.3, 0.4) is 0 Å². The van der Waals surface area contributed by atoms with Gasteiger partial charge in [0.2, 0.25) is 0 Å². The molecule has 10 heteroatoms. The summed E-state index contributed by atoms with van der Waals surface area (Å²) in [5, 5.41) is 16.6. The van der Waals surface area contributed by atoms with Crippen molar-refractivity contribution in [1.29, 1.82) is 5.26 Å². The minimum atomic E-state index is -4.14. The third kappa shape index (κ3) is 4.27. The van der Waals surface area contributed by atoms with Crippen LogP contribution in [0.4, 0.5) is 5.69 Å². The number of aromatic nitrogens is 2. The van der Waals surface area contributed by atoms with Crippen LogP contribution >= 0.6 is 11.8 Å². The maximum Gasteiger partial charge on any atom is 0.380 e. The molecule has 0 amide bonds. The smallest absolute Gasteiger partial charge is 0.370 e. The normalized spacial score (nSPS) is 11.3. The van der Waals surface area contributed by atoms with Crippen LogP contribution < -0.4 is 14.3 Å². The molecular formula is C22H19N5O3S2. The highest BCUT2D eigenvalue weighted by molar-refractivity contribution is 7.98. The summed E-state index contributed by atoms with van der Waals surface area (Å²) in [5.41, 5.74) is 4.62. The van der Waals surface area contributed by atoms with Gasteiger partial charge in [0.1, 0.15) is 6.33 Å². The second-order valence-corrected chi connectivity index (χ2v) is 8.89. The predicted octanol–water partition coefficient (Wildman–Crippen LogP) is 3.78. The molecule has 4 aromatic rings. The Labute approximate surface area is 190 Å². The molecule has 0 saturated heterocycles. The first-order valence-electron chi connectivity index (χ1n) is 9.41. The first-order valence-corrected chi connectivity index (χ1v) is 12.1. The van der Waals surface area contributed by atoms with E-state index in [0.29, 0.717) is 16.0 Å². The highest BCUT2D eigenvalue weighted by Crippen LogP contribution is 2.36. The zero-order chi connectivity index (χ0) is 22.9. The first-order chi connectivity index (χ1) is 15.3. The molecule has 0 saturated carbocycles. The van der Waals surface area contributed by atoms with Crippen LogP contribution in [-0.2, 0) is 10.3 Å². The third-order valence-electron chi connectivity index (χ3n) is 4.94. The number of imidazole rings is 1. The number of nitrogens with zero attached hydrogens (tertiary/aromatic N) is 4. The molecule has 0 spiro atoms. The number of rotatable bonds is 6. The van der Waals surface area contributed by atoms with Gasteiger partial charge in [0.15, 0.2) is 5.75 Å². The zero-order valence-corrected chi connectivity index (χ0v) is 18.9. The fraction of sp³-hybridized carbons (Fsp3) is 0.0909. The molecule has 4 rings (SSSR count). The lowest BCUT2D eigenvalue weighted by Crippen LogP contribution is -2.23. The van der Waals surface area contributed by atoms with Crippen molar-refractivity contribution in [3.05, 3.63) is 72.6 Å². The Kier molecular flexibility index (Phi) is 5.80. The third-order valence-corrected chi connectivity index (χ3v) is 6.11. The van der Waals surface area contributed by atoms with E-state index >= 15 is 0 Å². The lowest BCUT2D eigenvalue weighted by Gasteiger charge is -2.22. The van der Waals surface area contributed by atoms with Gasteiger partial charge in [-0.1, -0.05) is 18.2 Å². The van der Waals surface area contributed by atoms with Gasteiger partial charge in [0.25, 0.3) is 0 Å². The molecule has 0 unspecified atom stereocenters. The molecule has 1 aromatic heterocycles. The highest BCUT2D eigenvalue weighted by Gasteiger charge is 2.15. The van der Waals surface area contributed by atoms with Crippen molar-refractivity contribution in [2.45, 2.75) is 4.90 Å². The number of nitrogens with two attached hydrogens (primary N) is 1. The second kappa shape index (κ2) is 8.55. The Hall–Kier alpha value is -3.52. The average Bonchev–Trinajstić information content (AvgIpc) is 3.21. The Morgan fingerprint density at radius 1 is 1.16 bits per heavy atom. The Morgan fingerprint density at radius 3 is 2.66 bits per heavy atom. The van der Waals surface area contributed by atoms with Crippen molar-refractivity contribution in [3.63, 3.8) is 0 Å². The largest absolute Gasteiger partial charge is 0.380 e. The van der Waals surface area contributed by atoms with E-state index in [9.17, 15) is 13.7 Å². The first kappa shape index (κ1) is 21.7. The van der Waals surface area contributed by atoms with Crippen LogP contribution in [0.1, 0.15) is 5.56 Å². The van der Waals surface area contributed by atoms with Crippen molar-refractivity contribution >= 4 is 38.8 Å². The van der Waals surface area contributed by atoms with Crippen LogP contribution in [0.2, 0.25) is 0 Å². The Balaban J connectivity index is 1.78. The molecule has 0 aliphatic rings. The average molecular weight is 466 g/mol. The number of fused-ring (bicyclic) bond motifs is 1. The molecule has 2 N–H and O–H groups in total. The van der Waals surface area contributed by atoms with Crippen LogP contribution in [-0.4, -0.2) is 31.4 Å². The summed E-state index contributed by atoms with van der Waals surface area (Å²) < 4.78 is 29.5. The van der Waals surface area contributed by atoms with Gasteiger partial charge in [-0.15, -0.1) is 11.8 Å². The van der Waals surface area contributed by atoms with Gasteiger partial charge in [-0.3, -0.25) is 5.01 Å². The number of anilines is 1. The van der Waals surface area contributed by atoms with Gasteiger partial charge in [-0.25, -0.2) is 9.66 Å². The van der Waals surface area contributed by atoms with Crippen LogP contribution in [0, 0.1) is 11.3 Å². The molecule has 0 atom stereocenters. The van der Waals surface area contributed by atoms with E-state index in [2.05, 4.69) is 11.1 Å². The van der Waals surface area contributed by atoms with E-state index in [1.165, 1.54) is 17.8 Å². The molecule has 0 radical (unpaired) electrons. The topological polar surface area (TPSA) is 114 Å². The number of hydrogen-bond acceptors (Lipinski definition) is 7. The summed E-state index contributed by atoms with van der Waals surface area (Å²) in [7, 11) is -2.23. The SMILES string of the molecule is CSc1cc(-c2cc(N(C)n3cnc4ccccc43)ccc2C#N)ccc1OS(N)(=O)=O. The van der Waals surface area contributed by atoms with E-state index < -0.39 is 10.3 Å². The minimum Gasteiger partial charge on any atom is -0.370 e. The Morgan fingerprint density at radius 2 is 1.94 bits per heavy atom. The van der Waals surface area contributed by atoms with Crippen LogP contribution in [0.15, 0.2) is 71.9 Å². The maximum absolute atomic E-state index is 11.3. The number of para-hydroxylation sites is 2. The molecule has 3 aromatic carbocycles. The molecule has 0 aliphatic carbocycles. The van der Waals surface area contributed by atoms with Crippen LogP contribution in [0.25, 0.3) is 22.2 Å². The van der Waals surface area contributed by atoms with Crippen molar-refractivity contribution in [2.75, 3.05) is 18.3 Å². The number of thioether (sulfide) groups is 1. The lowest BCUT2D eigenvalue weighted by atomic mass is 9.99. The number of hydrogen-bond donors (Lipinski definition) is 1. The summed E-state index contributed by atoms with van der Waals surface area (Å²) in [6.45, 7) is 0. The maximum atomic E-state index is 11.3. The van der Waals surface area contributed by atoms with Crippen molar-refractivity contribution < 1.29 is 12.6 Å². The summed E-state index contributed by atoms with van der Waals surface area (Å²) >= 11 is 1.32. The van der Waals surface area contributed by atoms with Crippen molar-refractivity contribution in [1.82, 2.24) is 9.66 Å². The number of nitriles is 1. The summed E-state index contributed by atoms with van der Waals surface area (Å²) in [6, 6.07) is 20.6. The molecule has 162 valence electrons. The monoisotopic (exact) mass is 465 g/mol. The quantitative estimate of drug-likeness (QED) is 0.431. The fourth-order valence-corrected chi connectivity index (χ4v) is 4.41. The second-order valence-electron chi connectivity index (χ2n) is 6.88. The van der Waals surface area contributed by atoms with Crippen molar-refractivity contribution in [2.24, 2.45) is 5.14 Å². The van der Waals surface area contributed by atoms with E-state index in [-0.39, 0.29) is 5.75 Å². The summed E-state index contributed by atoms with van der Waals surface area (Å²) in [6.07, 6.45) is 3.54. The minimum absolute atomic E-state index is 0.139. The highest BCUT2D eigenvalue weighted by atomic mass is 32.2. The standard InChI is InChI=1S/C22H19N5O3S2/c1-26(27-14-25-19-5-3-4-6-20(19)27)17-9-7-16(13-23)18(12-17)15-8-10-21(22(11-15)31-2)30-32(24,28)29/h3-12,14H,1-2H3,(H2,24,28,29). The Bertz CT molecular complexity index is 1460. The molecular weight excluding hydrogens is 446 g/mol. The van der Waals surface area contributed by atoms with Gasteiger partial charge in [-0.2, -0.15) is 18.8 Å². The molecule has 0 aliphatic heterocycles. The molecule has 0 fully saturated rings. The van der Waals surface area contributed by atoms with Gasteiger partial charge >= 0.3 is 10.3 Å². The molecule has 8 nitrogen and oxygen atoms in total. The van der Waals surface area contributed by atoms with Gasteiger partial charge < -0.3 is 4.18 Å². The summed E-state index contributed by atoms with van der Waals surface area (Å²) in [4.78, 5) is 5.02. The number of benzene rings is 3. The zero-order valence-electron chi connectivity index (χ0n) is 17.3. The molecule has 1 heterocycles. The van der Waals surface area contributed by atoms with Crippen LogP contribution in [0.5, 0.6) is 5.75 Å². The van der Waals surface area contributed by atoms with Gasteiger partial charge in [0.05, 0.1) is 33.2 Å². The van der Waals surface area contributed by atoms with Gasteiger partial charge in [-0.05, 0) is 54.3 Å². The molecule has 32 heavy (non-hydrogen) atoms. The lowest BCUT2D eigenvalue weighted by molar-refractivity contribution is 0.482. The molecule has 0 bridgehead atoms. The van der Waals surface area contributed by atoms with E-state index in [0.717, 1.165) is 22.3 Å². The van der Waals surface area contributed by atoms with E-state index in [1.807, 2.05) is 53.1 Å². The fourth-order valence-electron chi connectivity index (χ4n) is 3.41. The van der Waals surface area contributed by atoms with Crippen molar-refractivity contribution in [3.8, 4) is 22.9 Å². The van der Waals surface area contributed by atoms with E-state index in [1.54, 1.807) is 30.8 Å². The van der Waals surface area contributed by atoms with E-state index in [4.69, 9.17) is 9.32 Å². The van der Waals surface area contributed by atoms with Gasteiger partial charge in [0, 0.05) is 12.6 Å².